The Labute approximate surface area is 173 Å². The summed E-state index contributed by atoms with van der Waals surface area (Å²) in [5.41, 5.74) is 2.76. The van der Waals surface area contributed by atoms with E-state index < -0.39 is 12.0 Å². The van der Waals surface area contributed by atoms with Crippen LogP contribution in [0, 0.1) is 0 Å². The van der Waals surface area contributed by atoms with Crippen LogP contribution in [0.25, 0.3) is 6.08 Å². The minimum Gasteiger partial charge on any atom is -0.480 e. The maximum Gasteiger partial charge on any atom is 0.327 e. The molecule has 0 saturated carbocycles. The zero-order valence-corrected chi connectivity index (χ0v) is 16.9. The number of carboxylic acid groups (broad SMARTS) is 1. The summed E-state index contributed by atoms with van der Waals surface area (Å²) < 4.78 is 0.270. The average molecular weight is 410 g/mol. The van der Waals surface area contributed by atoms with Gasteiger partial charge in [-0.25, -0.2) is 4.79 Å². The van der Waals surface area contributed by atoms with Gasteiger partial charge in [-0.2, -0.15) is 0 Å². The molecule has 0 spiro atoms. The fourth-order valence-corrected chi connectivity index (χ4v) is 4.34. The number of amides is 1. The summed E-state index contributed by atoms with van der Waals surface area (Å²) in [5, 5.41) is 9.70. The van der Waals surface area contributed by atoms with E-state index in [1.807, 2.05) is 73.7 Å². The lowest BCUT2D eigenvalue weighted by Crippen LogP contribution is -2.45. The average Bonchev–Trinajstić information content (AvgIpc) is 2.94. The number of hydrogen-bond acceptors (Lipinski definition) is 4. The lowest BCUT2D eigenvalue weighted by molar-refractivity contribution is -0.145. The molecule has 28 heavy (non-hydrogen) atoms. The SMILES string of the molecule is CC(=C\c1ccccc1)/C=C1/SC(=S)N([C@H](Cc2ccccc2)C(=O)O)C1=O. The third-order valence-corrected chi connectivity index (χ3v) is 5.58. The molecule has 0 bridgehead atoms. The van der Waals surface area contributed by atoms with Crippen molar-refractivity contribution >= 4 is 46.3 Å². The number of carboxylic acids is 1. The van der Waals surface area contributed by atoms with Crippen LogP contribution in [0.15, 0.2) is 77.2 Å². The molecule has 1 N–H and O–H groups in total. The van der Waals surface area contributed by atoms with Gasteiger partial charge in [0.05, 0.1) is 4.91 Å². The van der Waals surface area contributed by atoms with Crippen molar-refractivity contribution in [3.05, 3.63) is 88.3 Å². The first kappa shape index (κ1) is 20.0. The monoisotopic (exact) mass is 409 g/mol. The van der Waals surface area contributed by atoms with Crippen LogP contribution in [0.5, 0.6) is 0 Å². The molecule has 0 unspecified atom stereocenters. The Balaban J connectivity index is 1.83. The molecule has 1 amide bonds. The van der Waals surface area contributed by atoms with Crippen molar-refractivity contribution in [1.29, 1.82) is 0 Å². The number of nitrogens with zero attached hydrogens (tertiary/aromatic N) is 1. The normalized spacial score (nSPS) is 17.2. The van der Waals surface area contributed by atoms with Crippen LogP contribution in [0.3, 0.4) is 0 Å². The number of allylic oxidation sites excluding steroid dienone is 2. The Morgan fingerprint density at radius 2 is 1.75 bits per heavy atom. The van der Waals surface area contributed by atoms with E-state index in [1.165, 1.54) is 4.90 Å². The van der Waals surface area contributed by atoms with E-state index in [9.17, 15) is 14.7 Å². The Morgan fingerprint density at radius 1 is 1.14 bits per heavy atom. The third kappa shape index (κ3) is 4.77. The Morgan fingerprint density at radius 3 is 2.36 bits per heavy atom. The minimum atomic E-state index is -1.07. The maximum atomic E-state index is 12.9. The van der Waals surface area contributed by atoms with Crippen molar-refractivity contribution in [3.8, 4) is 0 Å². The van der Waals surface area contributed by atoms with Gasteiger partial charge in [0.1, 0.15) is 10.4 Å². The number of carbonyl (C=O) groups excluding carboxylic acids is 1. The molecule has 1 atom stereocenters. The highest BCUT2D eigenvalue weighted by molar-refractivity contribution is 8.26. The topological polar surface area (TPSA) is 57.6 Å². The molecule has 1 aliphatic rings. The van der Waals surface area contributed by atoms with Crippen LogP contribution in [0.4, 0.5) is 0 Å². The molecule has 4 nitrogen and oxygen atoms in total. The predicted octanol–water partition coefficient (Wildman–Crippen LogP) is 4.53. The summed E-state index contributed by atoms with van der Waals surface area (Å²) in [7, 11) is 0. The molecule has 0 radical (unpaired) electrons. The summed E-state index contributed by atoms with van der Waals surface area (Å²) in [6, 6.07) is 18.0. The Hall–Kier alpha value is -2.70. The van der Waals surface area contributed by atoms with E-state index in [-0.39, 0.29) is 16.6 Å². The number of thioether (sulfide) groups is 1. The first-order valence-corrected chi connectivity index (χ1v) is 9.95. The van der Waals surface area contributed by atoms with Crippen LogP contribution in [-0.2, 0) is 16.0 Å². The standard InChI is InChI=1S/C22H19NO3S2/c1-15(12-16-8-4-2-5-9-16)13-19-20(24)23(22(27)28-19)18(21(25)26)14-17-10-6-3-7-11-17/h2-13,18H,14H2,1H3,(H,25,26)/b15-12+,19-13+/t18-/m1/s1. The number of benzene rings is 2. The number of thiocarbonyl (C=S) groups is 1. The fourth-order valence-electron chi connectivity index (χ4n) is 2.94. The second-order valence-electron chi connectivity index (χ2n) is 6.39. The minimum absolute atomic E-state index is 0.203. The van der Waals surface area contributed by atoms with E-state index >= 15 is 0 Å². The van der Waals surface area contributed by atoms with Crippen molar-refractivity contribution < 1.29 is 14.7 Å². The zero-order chi connectivity index (χ0) is 20.1. The summed E-state index contributed by atoms with van der Waals surface area (Å²) in [6.45, 7) is 1.90. The van der Waals surface area contributed by atoms with Crippen LogP contribution < -0.4 is 0 Å². The first-order chi connectivity index (χ1) is 13.5. The van der Waals surface area contributed by atoms with Crippen LogP contribution >= 0.6 is 24.0 Å². The molecule has 1 fully saturated rings. The highest BCUT2D eigenvalue weighted by Gasteiger charge is 2.40. The van der Waals surface area contributed by atoms with Crippen molar-refractivity contribution in [2.45, 2.75) is 19.4 Å². The predicted molar refractivity (Wildman–Crippen MR) is 117 cm³/mol. The third-order valence-electron chi connectivity index (χ3n) is 4.24. The largest absolute Gasteiger partial charge is 0.480 e. The van der Waals surface area contributed by atoms with E-state index in [1.54, 1.807) is 6.08 Å². The number of rotatable bonds is 6. The molecule has 3 rings (SSSR count). The maximum absolute atomic E-state index is 12.9. The van der Waals surface area contributed by atoms with Gasteiger partial charge in [0, 0.05) is 6.42 Å². The van der Waals surface area contributed by atoms with Crippen molar-refractivity contribution in [3.63, 3.8) is 0 Å². The molecular formula is C22H19NO3S2. The van der Waals surface area contributed by atoms with Crippen molar-refractivity contribution in [2.24, 2.45) is 0 Å². The lowest BCUT2D eigenvalue weighted by Gasteiger charge is -2.23. The molecule has 2 aromatic rings. The van der Waals surface area contributed by atoms with Crippen molar-refractivity contribution in [2.75, 3.05) is 0 Å². The quantitative estimate of drug-likeness (QED) is 0.561. The zero-order valence-electron chi connectivity index (χ0n) is 15.2. The smallest absolute Gasteiger partial charge is 0.327 e. The molecule has 1 heterocycles. The molecule has 6 heteroatoms. The second kappa shape index (κ2) is 8.99. The number of hydrogen-bond donors (Lipinski definition) is 1. The van der Waals surface area contributed by atoms with Gasteiger partial charge >= 0.3 is 5.97 Å². The van der Waals surface area contributed by atoms with Gasteiger partial charge in [0.25, 0.3) is 5.91 Å². The van der Waals surface area contributed by atoms with Gasteiger partial charge in [0.15, 0.2) is 0 Å². The molecule has 1 saturated heterocycles. The molecule has 1 aliphatic heterocycles. The Bertz CT molecular complexity index is 952. The van der Waals surface area contributed by atoms with E-state index in [0.29, 0.717) is 4.91 Å². The summed E-state index contributed by atoms with van der Waals surface area (Å²) in [5.74, 6) is -1.43. The van der Waals surface area contributed by atoms with Gasteiger partial charge < -0.3 is 5.11 Å². The van der Waals surface area contributed by atoms with Crippen LogP contribution in [0.1, 0.15) is 18.1 Å². The summed E-state index contributed by atoms with van der Waals surface area (Å²) >= 11 is 6.48. The highest BCUT2D eigenvalue weighted by Crippen LogP contribution is 2.34. The molecular weight excluding hydrogens is 390 g/mol. The summed E-state index contributed by atoms with van der Waals surface area (Å²) in [4.78, 5) is 26.4. The van der Waals surface area contributed by atoms with Gasteiger partial charge in [-0.3, -0.25) is 9.69 Å². The number of carbonyl (C=O) groups is 2. The fraction of sp³-hybridized carbons (Fsp3) is 0.136. The highest BCUT2D eigenvalue weighted by atomic mass is 32.2. The molecule has 0 aromatic heterocycles. The summed E-state index contributed by atoms with van der Waals surface area (Å²) in [6.07, 6.45) is 3.92. The van der Waals surface area contributed by atoms with Gasteiger partial charge in [-0.05, 0) is 29.7 Å². The molecule has 2 aromatic carbocycles. The Kier molecular flexibility index (Phi) is 6.44. The molecule has 0 aliphatic carbocycles. The van der Waals surface area contributed by atoms with E-state index in [2.05, 4.69) is 0 Å². The second-order valence-corrected chi connectivity index (χ2v) is 8.07. The van der Waals surface area contributed by atoms with Crippen LogP contribution in [-0.4, -0.2) is 32.2 Å². The van der Waals surface area contributed by atoms with Gasteiger partial charge in [-0.1, -0.05) is 90.7 Å². The lowest BCUT2D eigenvalue weighted by atomic mass is 10.0. The van der Waals surface area contributed by atoms with E-state index in [4.69, 9.17) is 12.2 Å². The van der Waals surface area contributed by atoms with Gasteiger partial charge in [0.2, 0.25) is 0 Å². The van der Waals surface area contributed by atoms with Crippen molar-refractivity contribution in [1.82, 2.24) is 4.90 Å². The molecule has 142 valence electrons. The number of aliphatic carboxylic acids is 1. The first-order valence-electron chi connectivity index (χ1n) is 8.73. The van der Waals surface area contributed by atoms with E-state index in [0.717, 1.165) is 28.5 Å². The van der Waals surface area contributed by atoms with Gasteiger partial charge in [-0.15, -0.1) is 0 Å². The van der Waals surface area contributed by atoms with Crippen LogP contribution in [0.2, 0.25) is 0 Å².